The first kappa shape index (κ1) is 14.4. The van der Waals surface area contributed by atoms with Gasteiger partial charge in [-0.2, -0.15) is 0 Å². The van der Waals surface area contributed by atoms with Gasteiger partial charge in [-0.3, -0.25) is 4.79 Å². The van der Waals surface area contributed by atoms with Crippen LogP contribution in [0.3, 0.4) is 0 Å². The normalized spacial score (nSPS) is 17.0. The predicted octanol–water partition coefficient (Wildman–Crippen LogP) is 0.882. The smallest absolute Gasteiger partial charge is 0.320 e. The summed E-state index contributed by atoms with van der Waals surface area (Å²) in [4.78, 5) is 10.9. The molecule has 0 amide bonds. The fraction of sp³-hybridized carbons (Fsp3) is 0.917. The van der Waals surface area contributed by atoms with E-state index >= 15 is 0 Å². The number of ether oxygens (including phenoxy) is 2. The number of methoxy groups -OCH3 is 1. The van der Waals surface area contributed by atoms with E-state index in [-0.39, 0.29) is 6.04 Å². The van der Waals surface area contributed by atoms with E-state index in [4.69, 9.17) is 14.6 Å². The molecule has 0 spiro atoms. The summed E-state index contributed by atoms with van der Waals surface area (Å²) in [5, 5.41) is 12.1. The Morgan fingerprint density at radius 3 is 2.71 bits per heavy atom. The molecule has 0 heterocycles. The number of unbranched alkanes of at least 4 members (excludes halogenated alkanes) is 1. The van der Waals surface area contributed by atoms with E-state index < -0.39 is 5.97 Å². The van der Waals surface area contributed by atoms with E-state index in [1.54, 1.807) is 7.11 Å². The third-order valence-corrected chi connectivity index (χ3v) is 2.87. The first-order valence-corrected chi connectivity index (χ1v) is 6.28. The maximum atomic E-state index is 10.9. The molecule has 1 saturated carbocycles. The summed E-state index contributed by atoms with van der Waals surface area (Å²) < 4.78 is 10.2. The molecule has 0 aromatic carbocycles. The molecule has 5 heteroatoms. The number of carboxylic acid groups (broad SMARTS) is 1. The molecule has 0 saturated heterocycles. The van der Waals surface area contributed by atoms with Crippen LogP contribution < -0.4 is 5.32 Å². The van der Waals surface area contributed by atoms with Crippen molar-refractivity contribution >= 4 is 5.97 Å². The molecule has 100 valence electrons. The molecule has 0 radical (unpaired) electrons. The minimum atomic E-state index is -0.719. The van der Waals surface area contributed by atoms with Crippen molar-refractivity contribution in [2.75, 3.05) is 33.5 Å². The van der Waals surface area contributed by atoms with Gasteiger partial charge in [0.2, 0.25) is 0 Å². The maximum absolute atomic E-state index is 10.9. The Morgan fingerprint density at radius 2 is 2.12 bits per heavy atom. The Kier molecular flexibility index (Phi) is 7.16. The quantitative estimate of drug-likeness (QED) is 0.529. The molecule has 1 rings (SSSR count). The second kappa shape index (κ2) is 8.44. The number of carbonyl (C=O) groups is 1. The minimum Gasteiger partial charge on any atom is -0.480 e. The van der Waals surface area contributed by atoms with Gasteiger partial charge in [0, 0.05) is 13.7 Å². The second-order valence-electron chi connectivity index (χ2n) is 4.42. The van der Waals surface area contributed by atoms with Crippen molar-refractivity contribution in [1.82, 2.24) is 5.32 Å². The molecular formula is C12H23NO4. The van der Waals surface area contributed by atoms with Gasteiger partial charge in [0.1, 0.15) is 6.04 Å². The molecule has 0 bridgehead atoms. The van der Waals surface area contributed by atoms with Crippen LogP contribution in [0.1, 0.15) is 25.7 Å². The van der Waals surface area contributed by atoms with E-state index in [0.29, 0.717) is 25.7 Å². The van der Waals surface area contributed by atoms with Crippen LogP contribution in [-0.2, 0) is 14.3 Å². The molecule has 0 aliphatic heterocycles. The fourth-order valence-corrected chi connectivity index (χ4v) is 1.72. The first-order valence-electron chi connectivity index (χ1n) is 6.28. The Balaban J connectivity index is 1.90. The van der Waals surface area contributed by atoms with Gasteiger partial charge in [-0.15, -0.1) is 0 Å². The lowest BCUT2D eigenvalue weighted by Gasteiger charge is -2.13. The molecule has 1 aliphatic carbocycles. The van der Waals surface area contributed by atoms with Crippen LogP contribution in [0.25, 0.3) is 0 Å². The lowest BCUT2D eigenvalue weighted by Crippen LogP contribution is -2.39. The standard InChI is InChI=1S/C12H23NO4/c1-16-8-9-17-7-3-2-6-13-11(12(14)15)10-4-5-10/h10-11,13H,2-9H2,1H3,(H,14,15). The summed E-state index contributed by atoms with van der Waals surface area (Å²) in [6, 6.07) is -0.343. The van der Waals surface area contributed by atoms with Gasteiger partial charge in [0.25, 0.3) is 0 Å². The van der Waals surface area contributed by atoms with Crippen LogP contribution in [-0.4, -0.2) is 50.6 Å². The zero-order chi connectivity index (χ0) is 12.5. The molecule has 1 unspecified atom stereocenters. The van der Waals surface area contributed by atoms with Crippen molar-refractivity contribution in [2.24, 2.45) is 5.92 Å². The Bertz CT molecular complexity index is 219. The number of rotatable bonds is 11. The number of hydrogen-bond donors (Lipinski definition) is 2. The SMILES string of the molecule is COCCOCCCCNC(C(=O)O)C1CC1. The lowest BCUT2D eigenvalue weighted by molar-refractivity contribution is -0.140. The average Bonchev–Trinajstić information content (AvgIpc) is 3.10. The molecule has 1 atom stereocenters. The molecular weight excluding hydrogens is 222 g/mol. The summed E-state index contributed by atoms with van der Waals surface area (Å²) in [5.41, 5.74) is 0. The van der Waals surface area contributed by atoms with E-state index in [1.165, 1.54) is 0 Å². The summed E-state index contributed by atoms with van der Waals surface area (Å²) in [6.07, 6.45) is 3.99. The highest BCUT2D eigenvalue weighted by Crippen LogP contribution is 2.32. The zero-order valence-electron chi connectivity index (χ0n) is 10.5. The van der Waals surface area contributed by atoms with E-state index in [1.807, 2.05) is 0 Å². The highest BCUT2D eigenvalue weighted by atomic mass is 16.5. The van der Waals surface area contributed by atoms with Crippen molar-refractivity contribution < 1.29 is 19.4 Å². The van der Waals surface area contributed by atoms with Gasteiger partial charge < -0.3 is 19.9 Å². The van der Waals surface area contributed by atoms with Gasteiger partial charge in [-0.1, -0.05) is 0 Å². The Morgan fingerprint density at radius 1 is 1.35 bits per heavy atom. The summed E-state index contributed by atoms with van der Waals surface area (Å²) >= 11 is 0. The molecule has 0 aromatic rings. The molecule has 0 aromatic heterocycles. The maximum Gasteiger partial charge on any atom is 0.320 e. The van der Waals surface area contributed by atoms with Crippen molar-refractivity contribution in [3.63, 3.8) is 0 Å². The molecule has 1 aliphatic rings. The van der Waals surface area contributed by atoms with Gasteiger partial charge in [-0.25, -0.2) is 0 Å². The van der Waals surface area contributed by atoms with Gasteiger partial charge in [-0.05, 0) is 38.1 Å². The van der Waals surface area contributed by atoms with Crippen LogP contribution in [0.4, 0.5) is 0 Å². The van der Waals surface area contributed by atoms with E-state index in [0.717, 1.165) is 32.2 Å². The minimum absolute atomic E-state index is 0.343. The number of hydrogen-bond acceptors (Lipinski definition) is 4. The average molecular weight is 245 g/mol. The second-order valence-corrected chi connectivity index (χ2v) is 4.42. The summed E-state index contributed by atoms with van der Waals surface area (Å²) in [7, 11) is 1.65. The first-order chi connectivity index (χ1) is 8.25. The number of nitrogens with one attached hydrogen (secondary N) is 1. The predicted molar refractivity (Wildman–Crippen MR) is 64.1 cm³/mol. The molecule has 5 nitrogen and oxygen atoms in total. The highest BCUT2D eigenvalue weighted by Gasteiger charge is 2.35. The van der Waals surface area contributed by atoms with Crippen molar-refractivity contribution in [2.45, 2.75) is 31.7 Å². The highest BCUT2D eigenvalue weighted by molar-refractivity contribution is 5.74. The van der Waals surface area contributed by atoms with Gasteiger partial charge >= 0.3 is 5.97 Å². The van der Waals surface area contributed by atoms with Crippen LogP contribution in [0.5, 0.6) is 0 Å². The van der Waals surface area contributed by atoms with Crippen LogP contribution >= 0.6 is 0 Å². The topological polar surface area (TPSA) is 67.8 Å². The van der Waals surface area contributed by atoms with Crippen LogP contribution in [0, 0.1) is 5.92 Å². The molecule has 1 fully saturated rings. The molecule has 17 heavy (non-hydrogen) atoms. The van der Waals surface area contributed by atoms with Crippen molar-refractivity contribution in [3.8, 4) is 0 Å². The van der Waals surface area contributed by atoms with Crippen molar-refractivity contribution in [1.29, 1.82) is 0 Å². The van der Waals surface area contributed by atoms with Gasteiger partial charge in [0.15, 0.2) is 0 Å². The number of carboxylic acids is 1. The fourth-order valence-electron chi connectivity index (χ4n) is 1.72. The van der Waals surface area contributed by atoms with E-state index in [2.05, 4.69) is 5.32 Å². The van der Waals surface area contributed by atoms with Crippen molar-refractivity contribution in [3.05, 3.63) is 0 Å². The third-order valence-electron chi connectivity index (χ3n) is 2.87. The third kappa shape index (κ3) is 6.61. The zero-order valence-corrected chi connectivity index (χ0v) is 10.5. The Labute approximate surface area is 102 Å². The largest absolute Gasteiger partial charge is 0.480 e. The van der Waals surface area contributed by atoms with Crippen LogP contribution in [0.2, 0.25) is 0 Å². The van der Waals surface area contributed by atoms with E-state index in [9.17, 15) is 4.79 Å². The van der Waals surface area contributed by atoms with Crippen LogP contribution in [0.15, 0.2) is 0 Å². The lowest BCUT2D eigenvalue weighted by atomic mass is 10.2. The summed E-state index contributed by atoms with van der Waals surface area (Å²) in [6.45, 7) is 2.72. The summed E-state index contributed by atoms with van der Waals surface area (Å²) in [5.74, 6) is -0.366. The number of aliphatic carboxylic acids is 1. The Hall–Kier alpha value is -0.650. The monoisotopic (exact) mass is 245 g/mol. The van der Waals surface area contributed by atoms with Gasteiger partial charge in [0.05, 0.1) is 13.2 Å². The molecule has 2 N–H and O–H groups in total.